The number of amides is 1. The molecule has 0 aliphatic heterocycles. The van der Waals surface area contributed by atoms with E-state index < -0.39 is 0 Å². The first-order valence-electron chi connectivity index (χ1n) is 6.26. The summed E-state index contributed by atoms with van der Waals surface area (Å²) in [5.41, 5.74) is 1.64. The Morgan fingerprint density at radius 1 is 1.20 bits per heavy atom. The van der Waals surface area contributed by atoms with Gasteiger partial charge >= 0.3 is 0 Å². The van der Waals surface area contributed by atoms with Crippen molar-refractivity contribution in [3.05, 3.63) is 59.1 Å². The maximum atomic E-state index is 12.3. The maximum absolute atomic E-state index is 12.3. The van der Waals surface area contributed by atoms with Crippen molar-refractivity contribution in [2.75, 3.05) is 19.1 Å². The van der Waals surface area contributed by atoms with Crippen LogP contribution in [0.5, 0.6) is 5.75 Å². The molecule has 0 spiro atoms. The lowest BCUT2D eigenvalue weighted by Gasteiger charge is -2.18. The van der Waals surface area contributed by atoms with Gasteiger partial charge in [0.05, 0.1) is 13.5 Å². The van der Waals surface area contributed by atoms with Crippen molar-refractivity contribution in [2.45, 2.75) is 6.42 Å². The van der Waals surface area contributed by atoms with E-state index in [9.17, 15) is 4.79 Å². The van der Waals surface area contributed by atoms with Crippen molar-refractivity contribution in [3.63, 3.8) is 0 Å². The number of rotatable bonds is 4. The Hall–Kier alpha value is -2.00. The molecule has 104 valence electrons. The molecule has 0 aliphatic rings. The monoisotopic (exact) mass is 289 g/mol. The van der Waals surface area contributed by atoms with Crippen LogP contribution in [-0.4, -0.2) is 20.1 Å². The summed E-state index contributed by atoms with van der Waals surface area (Å²) in [7, 11) is 3.34. The van der Waals surface area contributed by atoms with Crippen molar-refractivity contribution >= 4 is 23.2 Å². The van der Waals surface area contributed by atoms with Gasteiger partial charge in [-0.2, -0.15) is 0 Å². The highest BCUT2D eigenvalue weighted by atomic mass is 35.5. The number of ether oxygens (including phenoxy) is 1. The normalized spacial score (nSPS) is 10.2. The summed E-state index contributed by atoms with van der Waals surface area (Å²) in [5.74, 6) is 0.654. The van der Waals surface area contributed by atoms with Gasteiger partial charge in [-0.05, 0) is 30.3 Å². The molecular weight excluding hydrogens is 274 g/mol. The van der Waals surface area contributed by atoms with Crippen LogP contribution in [0.3, 0.4) is 0 Å². The Morgan fingerprint density at radius 2 is 1.90 bits per heavy atom. The van der Waals surface area contributed by atoms with Crippen LogP contribution in [-0.2, 0) is 11.2 Å². The smallest absolute Gasteiger partial charge is 0.231 e. The highest BCUT2D eigenvalue weighted by Gasteiger charge is 2.14. The van der Waals surface area contributed by atoms with Crippen molar-refractivity contribution in [1.82, 2.24) is 0 Å². The zero-order valence-corrected chi connectivity index (χ0v) is 12.2. The highest BCUT2D eigenvalue weighted by molar-refractivity contribution is 6.30. The molecular formula is C16H16ClNO2. The summed E-state index contributed by atoms with van der Waals surface area (Å²) < 4.78 is 5.26. The Balaban J connectivity index is 2.18. The molecule has 0 bridgehead atoms. The first-order valence-corrected chi connectivity index (χ1v) is 6.63. The minimum Gasteiger partial charge on any atom is -0.496 e. The van der Waals surface area contributed by atoms with E-state index in [0.29, 0.717) is 10.8 Å². The van der Waals surface area contributed by atoms with E-state index in [1.165, 1.54) is 0 Å². The molecule has 3 nitrogen and oxygen atoms in total. The number of carbonyl (C=O) groups is 1. The number of hydrogen-bond acceptors (Lipinski definition) is 2. The van der Waals surface area contributed by atoms with Gasteiger partial charge in [0, 0.05) is 23.3 Å². The second kappa shape index (κ2) is 6.44. The molecule has 0 aliphatic carbocycles. The number of hydrogen-bond donors (Lipinski definition) is 0. The second-order valence-corrected chi connectivity index (χ2v) is 4.86. The average Bonchev–Trinajstić information content (AvgIpc) is 2.47. The summed E-state index contributed by atoms with van der Waals surface area (Å²) in [5, 5.41) is 0.593. The SMILES string of the molecule is COc1ccc(Cl)cc1CC(=O)N(C)c1ccccc1. The standard InChI is InChI=1S/C16H16ClNO2/c1-18(14-6-4-3-5-7-14)16(19)11-12-10-13(17)8-9-15(12)20-2/h3-10H,11H2,1-2H3. The molecule has 2 rings (SSSR count). The fourth-order valence-corrected chi connectivity index (χ4v) is 2.16. The molecule has 4 heteroatoms. The van der Waals surface area contributed by atoms with Gasteiger partial charge in [-0.1, -0.05) is 29.8 Å². The topological polar surface area (TPSA) is 29.5 Å². The molecule has 0 aromatic heterocycles. The van der Waals surface area contributed by atoms with Crippen LogP contribution in [0.1, 0.15) is 5.56 Å². The van der Waals surface area contributed by atoms with Gasteiger partial charge in [0.1, 0.15) is 5.75 Å². The Bertz CT molecular complexity index is 599. The molecule has 2 aromatic rings. The number of benzene rings is 2. The minimum atomic E-state index is -0.0169. The molecule has 0 atom stereocenters. The number of anilines is 1. The van der Waals surface area contributed by atoms with E-state index >= 15 is 0 Å². The van der Waals surface area contributed by atoms with Crippen LogP contribution in [0.25, 0.3) is 0 Å². The van der Waals surface area contributed by atoms with Crippen LogP contribution in [0, 0.1) is 0 Å². The first-order chi connectivity index (χ1) is 9.61. The van der Waals surface area contributed by atoms with E-state index in [4.69, 9.17) is 16.3 Å². The number of para-hydroxylation sites is 1. The van der Waals surface area contributed by atoms with Crippen molar-refractivity contribution in [2.24, 2.45) is 0 Å². The van der Waals surface area contributed by atoms with Gasteiger partial charge in [0.25, 0.3) is 0 Å². The largest absolute Gasteiger partial charge is 0.496 e. The zero-order chi connectivity index (χ0) is 14.5. The van der Waals surface area contributed by atoms with Crippen LogP contribution in [0.4, 0.5) is 5.69 Å². The minimum absolute atomic E-state index is 0.0169. The third-order valence-electron chi connectivity index (χ3n) is 3.10. The summed E-state index contributed by atoms with van der Waals surface area (Å²) in [6.07, 6.45) is 0.245. The summed E-state index contributed by atoms with van der Waals surface area (Å²) in [4.78, 5) is 13.9. The van der Waals surface area contributed by atoms with E-state index in [2.05, 4.69) is 0 Å². The molecule has 0 radical (unpaired) electrons. The number of halogens is 1. The van der Waals surface area contributed by atoms with Crippen molar-refractivity contribution in [1.29, 1.82) is 0 Å². The molecule has 20 heavy (non-hydrogen) atoms. The number of carbonyl (C=O) groups excluding carboxylic acids is 1. The van der Waals surface area contributed by atoms with Crippen LogP contribution in [0.2, 0.25) is 5.02 Å². The van der Waals surface area contributed by atoms with Crippen LogP contribution >= 0.6 is 11.6 Å². The Labute approximate surface area is 123 Å². The van der Waals surface area contributed by atoms with E-state index in [1.807, 2.05) is 30.3 Å². The van der Waals surface area contributed by atoms with Gasteiger partial charge in [0.2, 0.25) is 5.91 Å². The van der Waals surface area contributed by atoms with Crippen LogP contribution < -0.4 is 9.64 Å². The summed E-state index contributed by atoms with van der Waals surface area (Å²) >= 11 is 5.97. The number of nitrogens with zero attached hydrogens (tertiary/aromatic N) is 1. The summed E-state index contributed by atoms with van der Waals surface area (Å²) in [6.45, 7) is 0. The van der Waals surface area contributed by atoms with E-state index in [-0.39, 0.29) is 12.3 Å². The van der Waals surface area contributed by atoms with E-state index in [0.717, 1.165) is 11.3 Å². The molecule has 2 aromatic carbocycles. The van der Waals surface area contributed by atoms with Gasteiger partial charge in [-0.15, -0.1) is 0 Å². The lowest BCUT2D eigenvalue weighted by molar-refractivity contribution is -0.117. The predicted molar refractivity (Wildman–Crippen MR) is 81.6 cm³/mol. The fraction of sp³-hybridized carbons (Fsp3) is 0.188. The highest BCUT2D eigenvalue weighted by Crippen LogP contribution is 2.24. The predicted octanol–water partition coefficient (Wildman–Crippen LogP) is 3.55. The molecule has 0 N–H and O–H groups in total. The molecule has 0 saturated carbocycles. The third-order valence-corrected chi connectivity index (χ3v) is 3.34. The Morgan fingerprint density at radius 3 is 2.55 bits per heavy atom. The lowest BCUT2D eigenvalue weighted by atomic mass is 10.1. The second-order valence-electron chi connectivity index (χ2n) is 4.42. The van der Waals surface area contributed by atoms with Crippen molar-refractivity contribution in [3.8, 4) is 5.75 Å². The fourth-order valence-electron chi connectivity index (χ4n) is 1.96. The Kier molecular flexibility index (Phi) is 4.64. The third kappa shape index (κ3) is 3.31. The molecule has 0 saturated heterocycles. The average molecular weight is 290 g/mol. The van der Waals surface area contributed by atoms with Crippen molar-refractivity contribution < 1.29 is 9.53 Å². The van der Waals surface area contributed by atoms with E-state index in [1.54, 1.807) is 37.3 Å². The number of likely N-dealkylation sites (N-methyl/N-ethyl adjacent to an activating group) is 1. The summed E-state index contributed by atoms with van der Waals surface area (Å²) in [6, 6.07) is 14.8. The first kappa shape index (κ1) is 14.4. The van der Waals surface area contributed by atoms with Gasteiger partial charge in [-0.25, -0.2) is 0 Å². The molecule has 0 unspecified atom stereocenters. The lowest BCUT2D eigenvalue weighted by Crippen LogP contribution is -2.27. The maximum Gasteiger partial charge on any atom is 0.231 e. The quantitative estimate of drug-likeness (QED) is 0.861. The number of methoxy groups -OCH3 is 1. The van der Waals surface area contributed by atoms with Gasteiger partial charge in [-0.3, -0.25) is 4.79 Å². The molecule has 0 fully saturated rings. The van der Waals surface area contributed by atoms with Gasteiger partial charge in [0.15, 0.2) is 0 Å². The van der Waals surface area contributed by atoms with Crippen LogP contribution in [0.15, 0.2) is 48.5 Å². The van der Waals surface area contributed by atoms with Gasteiger partial charge < -0.3 is 9.64 Å². The molecule has 1 amide bonds. The zero-order valence-electron chi connectivity index (χ0n) is 11.5. The molecule has 0 heterocycles.